The highest BCUT2D eigenvalue weighted by molar-refractivity contribution is 5.20. The summed E-state index contributed by atoms with van der Waals surface area (Å²) in [5.74, 6) is 0. The molecule has 0 radical (unpaired) electrons. The minimum absolute atomic E-state index is 0.331. The van der Waals surface area contributed by atoms with Gasteiger partial charge in [-0.05, 0) is 29.9 Å². The first-order chi connectivity index (χ1) is 6.73. The third-order valence-corrected chi connectivity index (χ3v) is 2.96. The van der Waals surface area contributed by atoms with E-state index in [9.17, 15) is 0 Å². The average Bonchev–Trinajstić information content (AvgIpc) is 2.20. The first-order valence-corrected chi connectivity index (χ1v) is 5.63. The van der Waals surface area contributed by atoms with Crippen LogP contribution in [0.4, 0.5) is 0 Å². The molecule has 0 amide bonds. The highest BCUT2D eigenvalue weighted by Crippen LogP contribution is 2.32. The molecule has 1 aromatic heterocycles. The molecule has 0 aliphatic carbocycles. The van der Waals surface area contributed by atoms with E-state index < -0.39 is 0 Å². The van der Waals surface area contributed by atoms with Gasteiger partial charge in [-0.3, -0.25) is 4.98 Å². The Morgan fingerprint density at radius 3 is 2.29 bits per heavy atom. The highest BCUT2D eigenvalue weighted by Gasteiger charge is 2.24. The molecule has 0 unspecified atom stereocenters. The zero-order valence-corrected chi connectivity index (χ0v) is 9.59. The van der Waals surface area contributed by atoms with Gasteiger partial charge in [-0.1, -0.05) is 39.7 Å². The quantitative estimate of drug-likeness (QED) is 0.687. The summed E-state index contributed by atoms with van der Waals surface area (Å²) in [6.45, 7) is 6.87. The number of pyridine rings is 1. The van der Waals surface area contributed by atoms with Crippen LogP contribution in [-0.4, -0.2) is 4.98 Å². The molecular formula is C13H21N. The molecule has 0 saturated carbocycles. The molecule has 78 valence electrons. The van der Waals surface area contributed by atoms with Crippen molar-refractivity contribution in [2.45, 2.75) is 51.9 Å². The fraction of sp³-hybridized carbons (Fsp3) is 0.615. The lowest BCUT2D eigenvalue weighted by molar-refractivity contribution is 0.391. The minimum Gasteiger partial charge on any atom is -0.264 e. The summed E-state index contributed by atoms with van der Waals surface area (Å²) in [4.78, 5) is 4.22. The van der Waals surface area contributed by atoms with Crippen molar-refractivity contribution >= 4 is 0 Å². The van der Waals surface area contributed by atoms with Crippen molar-refractivity contribution in [1.82, 2.24) is 4.98 Å². The van der Waals surface area contributed by atoms with Crippen molar-refractivity contribution in [3.05, 3.63) is 30.1 Å². The largest absolute Gasteiger partial charge is 0.264 e. The normalized spacial score (nSPS) is 11.6. The molecule has 1 rings (SSSR count). The van der Waals surface area contributed by atoms with Gasteiger partial charge < -0.3 is 0 Å². The molecule has 1 aromatic rings. The Hall–Kier alpha value is -0.850. The molecule has 1 nitrogen and oxygen atoms in total. The first kappa shape index (κ1) is 11.2. The number of nitrogens with zero attached hydrogens (tertiary/aromatic N) is 1. The smallest absolute Gasteiger partial charge is 0.0305 e. The van der Waals surface area contributed by atoms with Crippen LogP contribution in [-0.2, 0) is 5.41 Å². The van der Waals surface area contributed by atoms with Crippen LogP contribution >= 0.6 is 0 Å². The Morgan fingerprint density at radius 1 is 1.21 bits per heavy atom. The predicted octanol–water partition coefficient (Wildman–Crippen LogP) is 3.94. The van der Waals surface area contributed by atoms with Gasteiger partial charge in [0.2, 0.25) is 0 Å². The zero-order valence-electron chi connectivity index (χ0n) is 9.59. The summed E-state index contributed by atoms with van der Waals surface area (Å²) in [5, 5.41) is 0. The standard InChI is InChI=1S/C13H21N/c1-4-8-13(3,9-5-2)12-7-6-10-14-11-12/h6-7,10-11H,4-5,8-9H2,1-3H3. The van der Waals surface area contributed by atoms with Crippen molar-refractivity contribution in [1.29, 1.82) is 0 Å². The van der Waals surface area contributed by atoms with Gasteiger partial charge in [0.1, 0.15) is 0 Å². The van der Waals surface area contributed by atoms with Gasteiger partial charge in [0, 0.05) is 12.4 Å². The molecule has 1 heterocycles. The van der Waals surface area contributed by atoms with Crippen molar-refractivity contribution in [3.8, 4) is 0 Å². The van der Waals surface area contributed by atoms with Gasteiger partial charge in [-0.2, -0.15) is 0 Å². The molecule has 0 aliphatic rings. The van der Waals surface area contributed by atoms with E-state index in [0.29, 0.717) is 5.41 Å². The Bertz CT molecular complexity index is 247. The fourth-order valence-electron chi connectivity index (χ4n) is 2.24. The molecule has 0 aromatic carbocycles. The maximum absolute atomic E-state index is 4.22. The van der Waals surface area contributed by atoms with E-state index in [2.05, 4.69) is 31.8 Å². The van der Waals surface area contributed by atoms with E-state index in [-0.39, 0.29) is 0 Å². The maximum atomic E-state index is 4.22. The number of hydrogen-bond acceptors (Lipinski definition) is 1. The van der Waals surface area contributed by atoms with Crippen LogP contribution in [0.25, 0.3) is 0 Å². The van der Waals surface area contributed by atoms with E-state index in [1.54, 1.807) is 0 Å². The van der Waals surface area contributed by atoms with Gasteiger partial charge in [-0.25, -0.2) is 0 Å². The molecule has 0 saturated heterocycles. The second-order valence-corrected chi connectivity index (χ2v) is 4.30. The Balaban J connectivity index is 2.87. The lowest BCUT2D eigenvalue weighted by Gasteiger charge is -2.29. The molecule has 0 N–H and O–H groups in total. The van der Waals surface area contributed by atoms with Crippen LogP contribution < -0.4 is 0 Å². The molecule has 1 heteroatoms. The third-order valence-electron chi connectivity index (χ3n) is 2.96. The van der Waals surface area contributed by atoms with E-state index in [0.717, 1.165) is 0 Å². The molecular weight excluding hydrogens is 170 g/mol. The second-order valence-electron chi connectivity index (χ2n) is 4.30. The summed E-state index contributed by atoms with van der Waals surface area (Å²) < 4.78 is 0. The molecule has 0 fully saturated rings. The van der Waals surface area contributed by atoms with Crippen LogP contribution in [0.1, 0.15) is 52.0 Å². The predicted molar refractivity (Wildman–Crippen MR) is 61.4 cm³/mol. The van der Waals surface area contributed by atoms with Gasteiger partial charge >= 0.3 is 0 Å². The van der Waals surface area contributed by atoms with Crippen LogP contribution in [0.5, 0.6) is 0 Å². The summed E-state index contributed by atoms with van der Waals surface area (Å²) in [7, 11) is 0. The molecule has 14 heavy (non-hydrogen) atoms. The second kappa shape index (κ2) is 5.14. The maximum Gasteiger partial charge on any atom is 0.0305 e. The van der Waals surface area contributed by atoms with E-state index in [4.69, 9.17) is 0 Å². The summed E-state index contributed by atoms with van der Waals surface area (Å²) in [6, 6.07) is 4.25. The summed E-state index contributed by atoms with van der Waals surface area (Å²) >= 11 is 0. The van der Waals surface area contributed by atoms with Crippen LogP contribution in [0.3, 0.4) is 0 Å². The lowest BCUT2D eigenvalue weighted by atomic mass is 9.76. The van der Waals surface area contributed by atoms with Crippen molar-refractivity contribution < 1.29 is 0 Å². The topological polar surface area (TPSA) is 12.9 Å². The monoisotopic (exact) mass is 191 g/mol. The van der Waals surface area contributed by atoms with E-state index in [1.165, 1.54) is 31.2 Å². The van der Waals surface area contributed by atoms with Crippen LogP contribution in [0, 0.1) is 0 Å². The Labute approximate surface area is 87.6 Å². The molecule has 0 atom stereocenters. The van der Waals surface area contributed by atoms with Crippen LogP contribution in [0.2, 0.25) is 0 Å². The van der Waals surface area contributed by atoms with Gasteiger partial charge in [-0.15, -0.1) is 0 Å². The zero-order chi connectivity index (χ0) is 10.4. The van der Waals surface area contributed by atoms with Crippen LogP contribution in [0.15, 0.2) is 24.5 Å². The van der Waals surface area contributed by atoms with Crippen molar-refractivity contribution in [2.75, 3.05) is 0 Å². The lowest BCUT2D eigenvalue weighted by Crippen LogP contribution is -2.21. The van der Waals surface area contributed by atoms with E-state index in [1.807, 2.05) is 18.5 Å². The Morgan fingerprint density at radius 2 is 1.86 bits per heavy atom. The third kappa shape index (κ3) is 2.57. The van der Waals surface area contributed by atoms with Gasteiger partial charge in [0.15, 0.2) is 0 Å². The Kier molecular flexibility index (Phi) is 4.12. The minimum atomic E-state index is 0.331. The average molecular weight is 191 g/mol. The first-order valence-electron chi connectivity index (χ1n) is 5.63. The van der Waals surface area contributed by atoms with Gasteiger partial charge in [0.05, 0.1) is 0 Å². The highest BCUT2D eigenvalue weighted by atomic mass is 14.6. The fourth-order valence-corrected chi connectivity index (χ4v) is 2.24. The summed E-state index contributed by atoms with van der Waals surface area (Å²) in [6.07, 6.45) is 8.86. The number of aromatic nitrogens is 1. The van der Waals surface area contributed by atoms with Crippen molar-refractivity contribution in [3.63, 3.8) is 0 Å². The van der Waals surface area contributed by atoms with Crippen molar-refractivity contribution in [2.24, 2.45) is 0 Å². The van der Waals surface area contributed by atoms with E-state index >= 15 is 0 Å². The molecule has 0 spiro atoms. The SMILES string of the molecule is CCCC(C)(CCC)c1cccnc1. The number of hydrogen-bond donors (Lipinski definition) is 0. The summed E-state index contributed by atoms with van der Waals surface area (Å²) in [5.41, 5.74) is 1.72. The number of rotatable bonds is 5. The van der Waals surface area contributed by atoms with Gasteiger partial charge in [0.25, 0.3) is 0 Å². The molecule has 0 bridgehead atoms. The molecule has 0 aliphatic heterocycles.